The van der Waals surface area contributed by atoms with Gasteiger partial charge in [0.1, 0.15) is 0 Å². The van der Waals surface area contributed by atoms with Crippen LogP contribution in [0.2, 0.25) is 0 Å². The molecule has 4 unspecified atom stereocenters. The molecule has 2 fully saturated rings. The van der Waals surface area contributed by atoms with E-state index >= 15 is 0 Å². The summed E-state index contributed by atoms with van der Waals surface area (Å²) >= 11 is 0. The third-order valence-corrected chi connectivity index (χ3v) is 6.24. The van der Waals surface area contributed by atoms with Crippen molar-refractivity contribution in [1.29, 1.82) is 0 Å². The van der Waals surface area contributed by atoms with Gasteiger partial charge in [0.15, 0.2) is 0 Å². The standard InChI is InChI=1S/C23H33O2.Y/c1-2-3-4-5-8-17-15-16-21(24)22(17)18-11-13-20(14-12-18)23(25)19-9-6-7-10-19;/h4-5,11-14,17,19,21-25H,1-3,6-10,15-16H2;/q-1;+3/b5-4+;. The molecule has 2 nitrogen and oxygen atoms in total. The van der Waals surface area contributed by atoms with E-state index in [0.29, 0.717) is 11.8 Å². The van der Waals surface area contributed by atoms with Gasteiger partial charge in [0.05, 0.1) is 12.2 Å². The van der Waals surface area contributed by atoms with Crippen molar-refractivity contribution in [2.24, 2.45) is 11.8 Å². The van der Waals surface area contributed by atoms with Gasteiger partial charge >= 0.3 is 32.7 Å². The Labute approximate surface area is 184 Å². The summed E-state index contributed by atoms with van der Waals surface area (Å²) < 4.78 is 0. The van der Waals surface area contributed by atoms with Crippen molar-refractivity contribution >= 4 is 0 Å². The van der Waals surface area contributed by atoms with Gasteiger partial charge in [0, 0.05) is 5.92 Å². The van der Waals surface area contributed by atoms with Crippen LogP contribution in [0, 0.1) is 18.8 Å². The molecule has 1 aromatic carbocycles. The molecule has 0 bridgehead atoms. The van der Waals surface area contributed by atoms with E-state index in [9.17, 15) is 10.2 Å². The third kappa shape index (κ3) is 5.50. The zero-order valence-corrected chi connectivity index (χ0v) is 18.7. The maximum atomic E-state index is 10.6. The molecule has 138 valence electrons. The molecule has 0 aliphatic heterocycles. The van der Waals surface area contributed by atoms with Gasteiger partial charge in [-0.1, -0.05) is 55.7 Å². The fourth-order valence-electron chi connectivity index (χ4n) is 4.78. The largest absolute Gasteiger partial charge is 3.00 e. The summed E-state index contributed by atoms with van der Waals surface area (Å²) in [6.07, 6.45) is 13.7. The summed E-state index contributed by atoms with van der Waals surface area (Å²) in [7, 11) is 0. The fraction of sp³-hybridized carbons (Fsp3) is 0.609. The first kappa shape index (κ1) is 22.3. The second kappa shape index (κ2) is 11.1. The molecular formula is C23H33O2Y+2. The second-order valence-electron chi connectivity index (χ2n) is 7.94. The Bertz CT molecular complexity index is 548. The molecule has 0 amide bonds. The van der Waals surface area contributed by atoms with Crippen LogP contribution < -0.4 is 0 Å². The van der Waals surface area contributed by atoms with Crippen molar-refractivity contribution in [1.82, 2.24) is 0 Å². The smallest absolute Gasteiger partial charge is 0.392 e. The average Bonchev–Trinajstić information content (AvgIpc) is 3.28. The van der Waals surface area contributed by atoms with Crippen molar-refractivity contribution in [3.8, 4) is 0 Å². The van der Waals surface area contributed by atoms with E-state index in [1.54, 1.807) is 0 Å². The first-order valence-electron chi connectivity index (χ1n) is 10.1. The van der Waals surface area contributed by atoms with Crippen LogP contribution in [0.4, 0.5) is 0 Å². The minimum atomic E-state index is -0.327. The van der Waals surface area contributed by atoms with Gasteiger partial charge in [-0.05, 0) is 55.1 Å². The minimum Gasteiger partial charge on any atom is -0.392 e. The maximum Gasteiger partial charge on any atom is 3.00 e. The molecular weight excluding hydrogens is 397 g/mol. The summed E-state index contributed by atoms with van der Waals surface area (Å²) in [4.78, 5) is 0. The van der Waals surface area contributed by atoms with E-state index in [-0.39, 0.29) is 50.8 Å². The van der Waals surface area contributed by atoms with Crippen LogP contribution in [0.25, 0.3) is 0 Å². The molecule has 0 saturated heterocycles. The van der Waals surface area contributed by atoms with Crippen molar-refractivity contribution in [3.05, 3.63) is 54.5 Å². The number of hydrogen-bond acceptors (Lipinski definition) is 2. The van der Waals surface area contributed by atoms with E-state index < -0.39 is 0 Å². The predicted molar refractivity (Wildman–Crippen MR) is 103 cm³/mol. The molecule has 2 N–H and O–H groups in total. The number of aliphatic hydroxyl groups is 2. The average molecular weight is 430 g/mol. The van der Waals surface area contributed by atoms with Crippen LogP contribution in [-0.2, 0) is 32.7 Å². The molecule has 0 spiro atoms. The number of benzene rings is 1. The molecule has 0 heterocycles. The SMILES string of the molecule is [CH2-]CC/C=C/CC1CCC(O)C1c1ccc(C(O)C2CCCC2)cc1.[Y+3]. The summed E-state index contributed by atoms with van der Waals surface area (Å²) in [5.41, 5.74) is 2.26. The number of unbranched alkanes of at least 4 members (excludes halogenated alkanes) is 1. The Morgan fingerprint density at radius 3 is 2.38 bits per heavy atom. The number of rotatable bonds is 7. The van der Waals surface area contributed by atoms with Gasteiger partial charge in [0.2, 0.25) is 0 Å². The molecule has 26 heavy (non-hydrogen) atoms. The Morgan fingerprint density at radius 1 is 1.04 bits per heavy atom. The molecule has 3 rings (SSSR count). The number of aliphatic hydroxyl groups excluding tert-OH is 2. The Balaban J connectivity index is 0.00000243. The molecule has 3 heteroatoms. The predicted octanol–water partition coefficient (Wildman–Crippen LogP) is 5.32. The molecule has 2 aliphatic carbocycles. The van der Waals surface area contributed by atoms with E-state index in [0.717, 1.165) is 50.5 Å². The van der Waals surface area contributed by atoms with Gasteiger partial charge in [-0.25, -0.2) is 0 Å². The molecule has 2 aliphatic rings. The molecule has 4 atom stereocenters. The summed E-state index contributed by atoms with van der Waals surface area (Å²) in [6, 6.07) is 8.44. The summed E-state index contributed by atoms with van der Waals surface area (Å²) in [5.74, 6) is 1.16. The van der Waals surface area contributed by atoms with Crippen molar-refractivity contribution < 1.29 is 42.9 Å². The normalized spacial score (nSPS) is 27.7. The van der Waals surface area contributed by atoms with Crippen LogP contribution in [0.5, 0.6) is 0 Å². The van der Waals surface area contributed by atoms with Gasteiger partial charge in [-0.2, -0.15) is 6.42 Å². The van der Waals surface area contributed by atoms with Crippen LogP contribution in [0.1, 0.15) is 80.9 Å². The van der Waals surface area contributed by atoms with Gasteiger partial charge < -0.3 is 17.1 Å². The Kier molecular flexibility index (Phi) is 9.51. The minimum absolute atomic E-state index is 0. The van der Waals surface area contributed by atoms with E-state index in [4.69, 9.17) is 0 Å². The van der Waals surface area contributed by atoms with Gasteiger partial charge in [-0.3, -0.25) is 0 Å². The Morgan fingerprint density at radius 2 is 1.73 bits per heavy atom. The molecule has 2 saturated carbocycles. The van der Waals surface area contributed by atoms with Crippen molar-refractivity contribution in [2.75, 3.05) is 0 Å². The second-order valence-corrected chi connectivity index (χ2v) is 7.94. The van der Waals surface area contributed by atoms with Gasteiger partial charge in [0.25, 0.3) is 0 Å². The summed E-state index contributed by atoms with van der Waals surface area (Å²) in [5, 5.41) is 21.1. The van der Waals surface area contributed by atoms with E-state index in [1.807, 2.05) is 0 Å². The van der Waals surface area contributed by atoms with Gasteiger partial charge in [-0.15, -0.1) is 0 Å². The molecule has 0 radical (unpaired) electrons. The number of allylic oxidation sites excluding steroid dienone is 2. The zero-order valence-electron chi connectivity index (χ0n) is 15.9. The van der Waals surface area contributed by atoms with E-state index in [2.05, 4.69) is 43.3 Å². The topological polar surface area (TPSA) is 40.5 Å². The van der Waals surface area contributed by atoms with Crippen LogP contribution in [0.15, 0.2) is 36.4 Å². The molecule has 0 aromatic heterocycles. The summed E-state index contributed by atoms with van der Waals surface area (Å²) in [6.45, 7) is 3.87. The van der Waals surface area contributed by atoms with Crippen LogP contribution in [0.3, 0.4) is 0 Å². The monoisotopic (exact) mass is 430 g/mol. The first-order valence-corrected chi connectivity index (χ1v) is 10.1. The van der Waals surface area contributed by atoms with Crippen molar-refractivity contribution in [3.63, 3.8) is 0 Å². The molecule has 1 aromatic rings. The first-order chi connectivity index (χ1) is 12.2. The van der Waals surface area contributed by atoms with Crippen LogP contribution >= 0.6 is 0 Å². The van der Waals surface area contributed by atoms with Crippen LogP contribution in [-0.4, -0.2) is 16.3 Å². The van der Waals surface area contributed by atoms with E-state index in [1.165, 1.54) is 18.4 Å². The number of hydrogen-bond donors (Lipinski definition) is 2. The maximum absolute atomic E-state index is 10.6. The zero-order chi connectivity index (χ0) is 17.6. The van der Waals surface area contributed by atoms with Crippen molar-refractivity contribution in [2.45, 2.75) is 75.9 Å². The quantitative estimate of drug-likeness (QED) is 0.454. The third-order valence-electron chi connectivity index (χ3n) is 6.24. The fourth-order valence-corrected chi connectivity index (χ4v) is 4.78. The Hall–Kier alpha value is -0.0161.